The van der Waals surface area contributed by atoms with E-state index in [0.717, 1.165) is 17.4 Å². The van der Waals surface area contributed by atoms with E-state index in [-0.39, 0.29) is 5.75 Å². The third-order valence-electron chi connectivity index (χ3n) is 4.05. The van der Waals surface area contributed by atoms with E-state index in [1.54, 1.807) is 43.5 Å². The fourth-order valence-corrected chi connectivity index (χ4v) is 3.19. The highest BCUT2D eigenvalue weighted by Gasteiger charge is 2.14. The fourth-order valence-electron chi connectivity index (χ4n) is 2.50. The van der Waals surface area contributed by atoms with Crippen molar-refractivity contribution in [3.05, 3.63) is 48.0 Å². The smallest absolute Gasteiger partial charge is 0.269 e. The molecule has 2 aromatic carbocycles. The number of rotatable bonds is 8. The fraction of sp³-hybridized carbons (Fsp3) is 0.211. The van der Waals surface area contributed by atoms with E-state index in [1.807, 2.05) is 0 Å². The standard InChI is InChI=1S/C19H20N6O5S/c1-28-14-7-5-13(6-8-14)25-19(22-23-24-25)31-11-17(26)20-21-18(27)12-4-9-15(29-2)16(10-12)30-3/h4-10H,11H2,1-3H3,(H,20,26)(H,21,27). The molecule has 3 rings (SSSR count). The molecule has 0 saturated heterocycles. The molecule has 12 heteroatoms. The van der Waals surface area contributed by atoms with Crippen LogP contribution in [0, 0.1) is 0 Å². The molecule has 0 spiro atoms. The Morgan fingerprint density at radius 2 is 1.71 bits per heavy atom. The summed E-state index contributed by atoms with van der Waals surface area (Å²) >= 11 is 1.12. The highest BCUT2D eigenvalue weighted by atomic mass is 32.2. The number of carbonyl (C=O) groups is 2. The van der Waals surface area contributed by atoms with Crippen molar-refractivity contribution in [2.75, 3.05) is 27.1 Å². The molecular weight excluding hydrogens is 424 g/mol. The monoisotopic (exact) mass is 444 g/mol. The van der Waals surface area contributed by atoms with Gasteiger partial charge in [-0.25, -0.2) is 0 Å². The average Bonchev–Trinajstić information content (AvgIpc) is 3.29. The summed E-state index contributed by atoms with van der Waals surface area (Å²) in [5.41, 5.74) is 5.73. The summed E-state index contributed by atoms with van der Waals surface area (Å²) in [4.78, 5) is 24.4. The molecule has 0 aliphatic heterocycles. The number of hydrogen-bond donors (Lipinski definition) is 2. The SMILES string of the molecule is COc1ccc(-n2nnnc2SCC(=O)NNC(=O)c2ccc(OC)c(OC)c2)cc1. The van der Waals surface area contributed by atoms with E-state index in [0.29, 0.717) is 28.0 Å². The lowest BCUT2D eigenvalue weighted by molar-refractivity contribution is -0.119. The highest BCUT2D eigenvalue weighted by Crippen LogP contribution is 2.27. The van der Waals surface area contributed by atoms with Gasteiger partial charge in [0.1, 0.15) is 5.75 Å². The van der Waals surface area contributed by atoms with Gasteiger partial charge in [0.25, 0.3) is 5.91 Å². The Morgan fingerprint density at radius 3 is 2.39 bits per heavy atom. The number of nitrogens with one attached hydrogen (secondary N) is 2. The minimum absolute atomic E-state index is 0.0112. The van der Waals surface area contributed by atoms with Crippen LogP contribution in [-0.2, 0) is 4.79 Å². The van der Waals surface area contributed by atoms with Gasteiger partial charge in [0.15, 0.2) is 11.5 Å². The second-order valence-corrected chi connectivity index (χ2v) is 6.87. The van der Waals surface area contributed by atoms with Crippen molar-refractivity contribution in [3.8, 4) is 22.9 Å². The minimum Gasteiger partial charge on any atom is -0.497 e. The normalized spacial score (nSPS) is 10.3. The Morgan fingerprint density at radius 1 is 0.968 bits per heavy atom. The van der Waals surface area contributed by atoms with Crippen LogP contribution in [0.4, 0.5) is 0 Å². The molecule has 3 aromatic rings. The number of nitrogens with zero attached hydrogens (tertiary/aromatic N) is 4. The Bertz CT molecular complexity index is 1060. The first-order valence-corrected chi connectivity index (χ1v) is 9.91. The lowest BCUT2D eigenvalue weighted by Gasteiger charge is -2.10. The Balaban J connectivity index is 1.54. The lowest BCUT2D eigenvalue weighted by atomic mass is 10.2. The van der Waals surface area contributed by atoms with Crippen molar-refractivity contribution in [2.24, 2.45) is 0 Å². The summed E-state index contributed by atoms with van der Waals surface area (Å²) in [5.74, 6) is 0.667. The first-order chi connectivity index (χ1) is 15.0. The van der Waals surface area contributed by atoms with Crippen LogP contribution in [0.5, 0.6) is 17.2 Å². The largest absolute Gasteiger partial charge is 0.497 e. The molecule has 0 aliphatic rings. The highest BCUT2D eigenvalue weighted by molar-refractivity contribution is 7.99. The van der Waals surface area contributed by atoms with Crippen LogP contribution in [0.2, 0.25) is 0 Å². The molecule has 2 amide bonds. The van der Waals surface area contributed by atoms with Crippen LogP contribution in [0.3, 0.4) is 0 Å². The maximum atomic E-state index is 12.3. The van der Waals surface area contributed by atoms with Gasteiger partial charge in [-0.3, -0.25) is 20.4 Å². The van der Waals surface area contributed by atoms with Crippen LogP contribution in [0.25, 0.3) is 5.69 Å². The van der Waals surface area contributed by atoms with E-state index in [4.69, 9.17) is 14.2 Å². The van der Waals surface area contributed by atoms with Crippen LogP contribution in [-0.4, -0.2) is 59.1 Å². The van der Waals surface area contributed by atoms with Crippen molar-refractivity contribution in [2.45, 2.75) is 5.16 Å². The number of methoxy groups -OCH3 is 3. The summed E-state index contributed by atoms with van der Waals surface area (Å²) in [7, 11) is 4.55. The van der Waals surface area contributed by atoms with E-state index >= 15 is 0 Å². The molecule has 162 valence electrons. The van der Waals surface area contributed by atoms with Gasteiger partial charge >= 0.3 is 0 Å². The number of amides is 2. The van der Waals surface area contributed by atoms with Crippen LogP contribution in [0.15, 0.2) is 47.6 Å². The summed E-state index contributed by atoms with van der Waals surface area (Å²) in [6.07, 6.45) is 0. The van der Waals surface area contributed by atoms with Gasteiger partial charge in [0, 0.05) is 5.56 Å². The van der Waals surface area contributed by atoms with Crippen LogP contribution < -0.4 is 25.1 Å². The number of tetrazole rings is 1. The topological polar surface area (TPSA) is 129 Å². The molecule has 0 aliphatic carbocycles. The maximum absolute atomic E-state index is 12.3. The Kier molecular flexibility index (Phi) is 7.27. The predicted octanol–water partition coefficient (Wildman–Crippen LogP) is 1.24. The Labute approximate surface area is 182 Å². The first-order valence-electron chi connectivity index (χ1n) is 8.92. The molecule has 0 radical (unpaired) electrons. The molecule has 0 saturated carbocycles. The molecule has 0 unspecified atom stereocenters. The second-order valence-electron chi connectivity index (χ2n) is 5.93. The van der Waals surface area contributed by atoms with Crippen LogP contribution in [0.1, 0.15) is 10.4 Å². The van der Waals surface area contributed by atoms with E-state index in [9.17, 15) is 9.59 Å². The Hall–Kier alpha value is -3.80. The quantitative estimate of drug-likeness (QED) is 0.389. The van der Waals surface area contributed by atoms with Gasteiger partial charge in [-0.2, -0.15) is 4.68 Å². The third kappa shape index (κ3) is 5.42. The molecule has 31 heavy (non-hydrogen) atoms. The minimum atomic E-state index is -0.498. The van der Waals surface area contributed by atoms with Gasteiger partial charge < -0.3 is 14.2 Å². The first kappa shape index (κ1) is 21.9. The number of hydrogen-bond acceptors (Lipinski definition) is 9. The van der Waals surface area contributed by atoms with Crippen LogP contribution >= 0.6 is 11.8 Å². The number of hydrazine groups is 1. The van der Waals surface area contributed by atoms with Gasteiger partial charge in [-0.1, -0.05) is 11.8 Å². The van der Waals surface area contributed by atoms with E-state index in [2.05, 4.69) is 26.4 Å². The second kappa shape index (κ2) is 10.3. The molecule has 11 nitrogen and oxygen atoms in total. The van der Waals surface area contributed by atoms with E-state index in [1.165, 1.54) is 25.0 Å². The number of carbonyl (C=O) groups excluding carboxylic acids is 2. The average molecular weight is 444 g/mol. The van der Waals surface area contributed by atoms with Gasteiger partial charge in [0.2, 0.25) is 11.1 Å². The van der Waals surface area contributed by atoms with Crippen molar-refractivity contribution in [1.29, 1.82) is 0 Å². The van der Waals surface area contributed by atoms with Gasteiger partial charge in [-0.05, 0) is 52.9 Å². The maximum Gasteiger partial charge on any atom is 0.269 e. The number of aromatic nitrogens is 4. The van der Waals surface area contributed by atoms with Crippen molar-refractivity contribution < 1.29 is 23.8 Å². The zero-order chi connectivity index (χ0) is 22.2. The number of thioether (sulfide) groups is 1. The van der Waals surface area contributed by atoms with E-state index < -0.39 is 11.8 Å². The van der Waals surface area contributed by atoms with Gasteiger partial charge in [-0.15, -0.1) is 5.10 Å². The third-order valence-corrected chi connectivity index (χ3v) is 4.97. The number of benzene rings is 2. The molecule has 0 fully saturated rings. The molecule has 0 bridgehead atoms. The van der Waals surface area contributed by atoms with Crippen molar-refractivity contribution in [1.82, 2.24) is 31.1 Å². The molecule has 1 aromatic heterocycles. The molecule has 1 heterocycles. The summed E-state index contributed by atoms with van der Waals surface area (Å²) in [5, 5.41) is 11.9. The lowest BCUT2D eigenvalue weighted by Crippen LogP contribution is -2.42. The summed E-state index contributed by atoms with van der Waals surface area (Å²) < 4.78 is 16.9. The summed E-state index contributed by atoms with van der Waals surface area (Å²) in [6, 6.07) is 11.8. The summed E-state index contributed by atoms with van der Waals surface area (Å²) in [6.45, 7) is 0. The molecular formula is C19H20N6O5S. The zero-order valence-corrected chi connectivity index (χ0v) is 17.8. The van der Waals surface area contributed by atoms with Crippen molar-refractivity contribution in [3.63, 3.8) is 0 Å². The van der Waals surface area contributed by atoms with Gasteiger partial charge in [0.05, 0.1) is 32.8 Å². The predicted molar refractivity (Wildman–Crippen MR) is 112 cm³/mol. The van der Waals surface area contributed by atoms with Crippen molar-refractivity contribution >= 4 is 23.6 Å². The zero-order valence-electron chi connectivity index (χ0n) is 17.0. The number of ether oxygens (including phenoxy) is 3. The molecule has 2 N–H and O–H groups in total. The molecule has 0 atom stereocenters.